The first kappa shape index (κ1) is 21.4. The van der Waals surface area contributed by atoms with E-state index in [4.69, 9.17) is 11.6 Å². The fraction of sp³-hybridized carbons (Fsp3) is 0.409. The minimum atomic E-state index is -0.175. The van der Waals surface area contributed by atoms with Crippen LogP contribution in [-0.4, -0.2) is 65.7 Å². The first-order valence-corrected chi connectivity index (χ1v) is 10.8. The number of aromatic nitrogens is 1. The van der Waals surface area contributed by atoms with Gasteiger partial charge in [0.05, 0.1) is 23.1 Å². The van der Waals surface area contributed by atoms with Gasteiger partial charge in [-0.3, -0.25) is 19.3 Å². The van der Waals surface area contributed by atoms with Crippen molar-refractivity contribution < 1.29 is 14.4 Å². The third kappa shape index (κ3) is 4.45. The van der Waals surface area contributed by atoms with Gasteiger partial charge in [0.25, 0.3) is 11.8 Å². The van der Waals surface area contributed by atoms with Crippen molar-refractivity contribution in [2.24, 2.45) is 0 Å². The summed E-state index contributed by atoms with van der Waals surface area (Å²) in [5.74, 6) is -0.340. The van der Waals surface area contributed by atoms with Crippen LogP contribution in [-0.2, 0) is 9.59 Å². The summed E-state index contributed by atoms with van der Waals surface area (Å²) in [7, 11) is 0. The second kappa shape index (κ2) is 8.72. The second-order valence-corrected chi connectivity index (χ2v) is 8.57. The lowest BCUT2D eigenvalue weighted by Crippen LogP contribution is -2.49. The summed E-state index contributed by atoms with van der Waals surface area (Å²) in [5.41, 5.74) is 4.95. The molecule has 31 heavy (non-hydrogen) atoms. The minimum absolute atomic E-state index is 0.00935. The molecule has 1 unspecified atom stereocenters. The second-order valence-electron chi connectivity index (χ2n) is 8.01. The minimum Gasteiger partial charge on any atom is -0.358 e. The van der Waals surface area contributed by atoms with Gasteiger partial charge in [-0.25, -0.2) is 0 Å². The Balaban J connectivity index is 1.48. The molecule has 2 saturated heterocycles. The number of aryl methyl sites for hydroxylation is 1. The van der Waals surface area contributed by atoms with Gasteiger partial charge in [0.2, 0.25) is 5.91 Å². The van der Waals surface area contributed by atoms with Gasteiger partial charge in [-0.15, -0.1) is 11.6 Å². The Morgan fingerprint density at radius 3 is 2.94 bits per heavy atom. The molecular weight excluding hydrogens is 418 g/mol. The van der Waals surface area contributed by atoms with Crippen molar-refractivity contribution in [1.82, 2.24) is 25.8 Å². The largest absolute Gasteiger partial charge is 0.358 e. The van der Waals surface area contributed by atoms with E-state index in [9.17, 15) is 14.4 Å². The van der Waals surface area contributed by atoms with Crippen LogP contribution >= 0.6 is 11.6 Å². The number of nitrogens with zero attached hydrogens (tertiary/aromatic N) is 1. The zero-order valence-electron chi connectivity index (χ0n) is 17.6. The lowest BCUT2D eigenvalue weighted by Gasteiger charge is -2.26. The molecule has 0 spiro atoms. The molecule has 2 fully saturated rings. The summed E-state index contributed by atoms with van der Waals surface area (Å²) in [6, 6.07) is 0. The van der Waals surface area contributed by atoms with Crippen LogP contribution in [0.3, 0.4) is 0 Å². The van der Waals surface area contributed by atoms with Crippen LogP contribution in [0.4, 0.5) is 0 Å². The maximum absolute atomic E-state index is 12.8. The molecule has 164 valence electrons. The van der Waals surface area contributed by atoms with Crippen molar-refractivity contribution in [3.63, 3.8) is 0 Å². The SMILES string of the molecule is Cc1[nH]c(C=C2C(=O)NC3=CCC(Cl)C=C32)c(C)c1C(=O)NCCN1CCNC(=O)C1. The lowest BCUT2D eigenvalue weighted by atomic mass is 9.98. The molecule has 0 saturated carbocycles. The van der Waals surface area contributed by atoms with Gasteiger partial charge in [-0.05, 0) is 31.9 Å². The number of aromatic amines is 1. The monoisotopic (exact) mass is 443 g/mol. The van der Waals surface area contributed by atoms with Crippen molar-refractivity contribution in [3.05, 3.63) is 51.5 Å². The van der Waals surface area contributed by atoms with Gasteiger partial charge in [-0.2, -0.15) is 0 Å². The molecule has 3 aliphatic rings. The zero-order valence-corrected chi connectivity index (χ0v) is 18.4. The van der Waals surface area contributed by atoms with Crippen LogP contribution in [0.25, 0.3) is 6.08 Å². The molecule has 8 nitrogen and oxygen atoms in total. The zero-order chi connectivity index (χ0) is 22.1. The van der Waals surface area contributed by atoms with E-state index < -0.39 is 0 Å². The number of alkyl halides is 1. The number of H-pyrrole nitrogens is 1. The molecule has 1 atom stereocenters. The Hall–Kier alpha value is -2.84. The maximum atomic E-state index is 12.8. The predicted octanol–water partition coefficient (Wildman–Crippen LogP) is 1.13. The number of allylic oxidation sites excluding steroid dienone is 3. The average Bonchev–Trinajstić information content (AvgIpc) is 3.17. The van der Waals surface area contributed by atoms with Gasteiger partial charge >= 0.3 is 0 Å². The molecular formula is C22H26ClN5O3. The predicted molar refractivity (Wildman–Crippen MR) is 119 cm³/mol. The first-order chi connectivity index (χ1) is 14.8. The number of carbonyl (C=O) groups is 3. The lowest BCUT2D eigenvalue weighted by molar-refractivity contribution is -0.124. The van der Waals surface area contributed by atoms with Crippen LogP contribution in [0, 0.1) is 13.8 Å². The molecule has 1 aromatic heterocycles. The summed E-state index contributed by atoms with van der Waals surface area (Å²) in [5, 5.41) is 8.45. The normalized spacial score (nSPS) is 22.5. The van der Waals surface area contributed by atoms with Crippen molar-refractivity contribution in [1.29, 1.82) is 0 Å². The number of rotatable bonds is 5. The Bertz CT molecular complexity index is 1040. The summed E-state index contributed by atoms with van der Waals surface area (Å²) < 4.78 is 0. The van der Waals surface area contributed by atoms with E-state index in [2.05, 4.69) is 20.9 Å². The van der Waals surface area contributed by atoms with E-state index in [1.807, 2.05) is 30.9 Å². The summed E-state index contributed by atoms with van der Waals surface area (Å²) in [6.45, 7) is 6.53. The number of amides is 3. The van der Waals surface area contributed by atoms with E-state index >= 15 is 0 Å². The highest BCUT2D eigenvalue weighted by Crippen LogP contribution is 2.33. The third-order valence-corrected chi connectivity index (χ3v) is 6.09. The van der Waals surface area contributed by atoms with Crippen molar-refractivity contribution in [2.75, 3.05) is 32.7 Å². The van der Waals surface area contributed by atoms with Crippen LogP contribution in [0.2, 0.25) is 0 Å². The average molecular weight is 444 g/mol. The van der Waals surface area contributed by atoms with Crippen molar-refractivity contribution in [3.8, 4) is 0 Å². The van der Waals surface area contributed by atoms with Gasteiger partial charge in [0.1, 0.15) is 0 Å². The van der Waals surface area contributed by atoms with E-state index in [1.165, 1.54) is 0 Å². The van der Waals surface area contributed by atoms with Crippen LogP contribution in [0.15, 0.2) is 29.0 Å². The summed E-state index contributed by atoms with van der Waals surface area (Å²) in [4.78, 5) is 42.0. The van der Waals surface area contributed by atoms with Gasteiger partial charge < -0.3 is 20.9 Å². The molecule has 4 N–H and O–H groups in total. The third-order valence-electron chi connectivity index (χ3n) is 5.79. The molecule has 9 heteroatoms. The first-order valence-electron chi connectivity index (χ1n) is 10.4. The number of carbonyl (C=O) groups excluding carboxylic acids is 3. The molecule has 1 aliphatic carbocycles. The molecule has 0 radical (unpaired) electrons. The van der Waals surface area contributed by atoms with Crippen LogP contribution < -0.4 is 16.0 Å². The highest BCUT2D eigenvalue weighted by molar-refractivity contribution is 6.22. The smallest absolute Gasteiger partial charge is 0.256 e. The van der Waals surface area contributed by atoms with E-state index in [-0.39, 0.29) is 23.1 Å². The highest BCUT2D eigenvalue weighted by Gasteiger charge is 2.30. The van der Waals surface area contributed by atoms with E-state index in [0.29, 0.717) is 43.7 Å². The molecule has 4 rings (SSSR count). The number of fused-ring (bicyclic) bond motifs is 1. The van der Waals surface area contributed by atoms with Gasteiger partial charge in [-0.1, -0.05) is 12.2 Å². The fourth-order valence-electron chi connectivity index (χ4n) is 4.19. The highest BCUT2D eigenvalue weighted by atomic mass is 35.5. The van der Waals surface area contributed by atoms with Gasteiger partial charge in [0, 0.05) is 48.8 Å². The standard InChI is InChI=1S/C22H26ClN5O3/c1-12-18(10-16-15-9-14(23)3-4-17(15)27-21(16)30)26-13(2)20(12)22(31)25-6-8-28-7-5-24-19(29)11-28/h4,9-10,14,26H,3,5-8,11H2,1-2H3,(H,24,29)(H,25,31)(H,27,30). The number of hydrogen-bond donors (Lipinski definition) is 4. The number of nitrogens with one attached hydrogen (secondary N) is 4. The van der Waals surface area contributed by atoms with E-state index in [1.54, 1.807) is 6.08 Å². The van der Waals surface area contributed by atoms with Crippen molar-refractivity contribution >= 4 is 35.4 Å². The Morgan fingerprint density at radius 1 is 1.35 bits per heavy atom. The van der Waals surface area contributed by atoms with Crippen LogP contribution in [0.5, 0.6) is 0 Å². The van der Waals surface area contributed by atoms with E-state index in [0.717, 1.165) is 34.8 Å². The molecule has 3 heterocycles. The maximum Gasteiger partial charge on any atom is 0.256 e. The fourth-order valence-corrected chi connectivity index (χ4v) is 4.40. The number of halogens is 1. The molecule has 2 aliphatic heterocycles. The Labute approximate surface area is 185 Å². The molecule has 0 aromatic carbocycles. The van der Waals surface area contributed by atoms with Crippen LogP contribution in [0.1, 0.15) is 33.7 Å². The number of hydrogen-bond acceptors (Lipinski definition) is 4. The Kier molecular flexibility index (Phi) is 6.02. The van der Waals surface area contributed by atoms with Crippen molar-refractivity contribution in [2.45, 2.75) is 25.6 Å². The molecule has 0 bridgehead atoms. The molecule has 1 aromatic rings. The Morgan fingerprint density at radius 2 is 2.16 bits per heavy atom. The molecule has 3 amide bonds. The summed E-state index contributed by atoms with van der Waals surface area (Å²) >= 11 is 6.24. The number of piperazine rings is 1. The van der Waals surface area contributed by atoms with Gasteiger partial charge in [0.15, 0.2) is 0 Å². The quantitative estimate of drug-likeness (QED) is 0.404. The topological polar surface area (TPSA) is 106 Å². The summed E-state index contributed by atoms with van der Waals surface area (Å²) in [6.07, 6.45) is 6.28.